The van der Waals surface area contributed by atoms with E-state index < -0.39 is 5.25 Å². The molecule has 1 atom stereocenters. The number of nitrogens with one attached hydrogen (secondary N) is 1. The van der Waals surface area contributed by atoms with Crippen LogP contribution in [0.1, 0.15) is 29.4 Å². The zero-order valence-electron chi connectivity index (χ0n) is 17.0. The Bertz CT molecular complexity index is 981. The summed E-state index contributed by atoms with van der Waals surface area (Å²) in [5.41, 5.74) is 4.14. The number of nitrogens with zero attached hydrogens (tertiary/aromatic N) is 3. The predicted octanol–water partition coefficient (Wildman–Crippen LogP) is 3.62. The molecule has 3 rings (SSSR count). The lowest BCUT2D eigenvalue weighted by Gasteiger charge is -2.12. The largest absolute Gasteiger partial charge is 0.486 e. The fourth-order valence-corrected chi connectivity index (χ4v) is 3.53. The van der Waals surface area contributed by atoms with Gasteiger partial charge in [0.25, 0.3) is 0 Å². The molecule has 152 valence electrons. The summed E-state index contributed by atoms with van der Waals surface area (Å²) in [6, 6.07) is 13.6. The first-order chi connectivity index (χ1) is 13.8. The minimum Gasteiger partial charge on any atom is -0.486 e. The molecule has 8 heteroatoms. The fourth-order valence-electron chi connectivity index (χ4n) is 2.74. The van der Waals surface area contributed by atoms with Crippen LogP contribution in [-0.4, -0.2) is 26.0 Å². The van der Waals surface area contributed by atoms with E-state index in [2.05, 4.69) is 21.6 Å². The van der Waals surface area contributed by atoms with E-state index in [-0.39, 0.29) is 12.5 Å². The lowest BCUT2D eigenvalue weighted by atomic mass is 10.1. The van der Waals surface area contributed by atoms with Crippen molar-refractivity contribution in [2.75, 3.05) is 11.2 Å². The topological polar surface area (TPSA) is 95.1 Å². The molecule has 0 aliphatic heterocycles. The predicted molar refractivity (Wildman–Crippen MR) is 116 cm³/mol. The number of amides is 1. The van der Waals surface area contributed by atoms with Crippen LogP contribution in [-0.2, 0) is 11.4 Å². The van der Waals surface area contributed by atoms with Gasteiger partial charge < -0.3 is 15.9 Å². The van der Waals surface area contributed by atoms with E-state index >= 15 is 0 Å². The summed E-state index contributed by atoms with van der Waals surface area (Å²) in [6.07, 6.45) is 0. The van der Waals surface area contributed by atoms with E-state index in [4.69, 9.17) is 10.6 Å². The van der Waals surface area contributed by atoms with Gasteiger partial charge in [0.15, 0.2) is 5.82 Å². The maximum Gasteiger partial charge on any atom is 0.237 e. The number of carbonyl (C=O) groups excluding carboxylic acids is 1. The second-order valence-electron chi connectivity index (χ2n) is 7.00. The maximum atomic E-state index is 12.4. The molecule has 3 N–H and O–H groups in total. The molecule has 2 aromatic carbocycles. The zero-order chi connectivity index (χ0) is 21.0. The summed E-state index contributed by atoms with van der Waals surface area (Å²) < 4.78 is 7.16. The molecule has 0 aliphatic rings. The molecular formula is C21H25N5O2S. The van der Waals surface area contributed by atoms with Gasteiger partial charge in [-0.2, -0.15) is 0 Å². The SMILES string of the molecule is Cc1ccc(NC(=O)[C@H](C)Sc2nnc(COc3cc(C)cc(C)c3)n2N)cc1. The van der Waals surface area contributed by atoms with Crippen LogP contribution in [0.4, 0.5) is 5.69 Å². The lowest BCUT2D eigenvalue weighted by Crippen LogP contribution is -2.24. The molecule has 0 saturated heterocycles. The van der Waals surface area contributed by atoms with Crippen molar-refractivity contribution in [3.05, 3.63) is 65.0 Å². The summed E-state index contributed by atoms with van der Waals surface area (Å²) in [6.45, 7) is 8.02. The highest BCUT2D eigenvalue weighted by Crippen LogP contribution is 2.23. The summed E-state index contributed by atoms with van der Waals surface area (Å²) in [5.74, 6) is 7.21. The molecule has 1 amide bonds. The van der Waals surface area contributed by atoms with Crippen LogP contribution < -0.4 is 15.9 Å². The first-order valence-electron chi connectivity index (χ1n) is 9.26. The monoisotopic (exact) mass is 411 g/mol. The molecule has 0 radical (unpaired) electrons. The van der Waals surface area contributed by atoms with Crippen LogP contribution in [0.2, 0.25) is 0 Å². The van der Waals surface area contributed by atoms with Gasteiger partial charge in [-0.15, -0.1) is 10.2 Å². The highest BCUT2D eigenvalue weighted by molar-refractivity contribution is 8.00. The second-order valence-corrected chi connectivity index (χ2v) is 8.30. The normalized spacial score (nSPS) is 11.9. The number of nitrogen functional groups attached to an aromatic ring is 1. The number of hydrogen-bond donors (Lipinski definition) is 2. The van der Waals surface area contributed by atoms with Gasteiger partial charge in [0.1, 0.15) is 12.4 Å². The Balaban J connectivity index is 1.59. The van der Waals surface area contributed by atoms with Crippen molar-refractivity contribution in [2.45, 2.75) is 44.7 Å². The number of thioether (sulfide) groups is 1. The van der Waals surface area contributed by atoms with Crippen LogP contribution in [0.5, 0.6) is 5.75 Å². The third-order valence-electron chi connectivity index (χ3n) is 4.27. The quantitative estimate of drug-likeness (QED) is 0.455. The number of aryl methyl sites for hydroxylation is 3. The molecule has 1 heterocycles. The van der Waals surface area contributed by atoms with Crippen LogP contribution in [0.25, 0.3) is 0 Å². The summed E-state index contributed by atoms with van der Waals surface area (Å²) in [7, 11) is 0. The Labute approximate surface area is 174 Å². The van der Waals surface area contributed by atoms with Crippen LogP contribution in [0.3, 0.4) is 0 Å². The summed E-state index contributed by atoms with van der Waals surface area (Å²) in [5, 5.41) is 11.1. The van der Waals surface area contributed by atoms with Gasteiger partial charge in [-0.1, -0.05) is 35.5 Å². The molecule has 0 unspecified atom stereocenters. The van der Waals surface area contributed by atoms with Crippen molar-refractivity contribution in [1.82, 2.24) is 14.9 Å². The summed E-state index contributed by atoms with van der Waals surface area (Å²) in [4.78, 5) is 12.4. The van der Waals surface area contributed by atoms with E-state index in [1.807, 2.05) is 57.2 Å². The Kier molecular flexibility index (Phi) is 6.43. The van der Waals surface area contributed by atoms with Crippen molar-refractivity contribution in [3.63, 3.8) is 0 Å². The first-order valence-corrected chi connectivity index (χ1v) is 10.1. The Morgan fingerprint density at radius 3 is 2.41 bits per heavy atom. The molecule has 0 bridgehead atoms. The van der Waals surface area contributed by atoms with E-state index in [0.29, 0.717) is 11.0 Å². The molecule has 29 heavy (non-hydrogen) atoms. The highest BCUT2D eigenvalue weighted by Gasteiger charge is 2.19. The van der Waals surface area contributed by atoms with Gasteiger partial charge >= 0.3 is 0 Å². The first kappa shape index (κ1) is 20.7. The van der Waals surface area contributed by atoms with E-state index in [9.17, 15) is 4.79 Å². The van der Waals surface area contributed by atoms with Gasteiger partial charge in [0, 0.05) is 5.69 Å². The van der Waals surface area contributed by atoms with Crippen molar-refractivity contribution >= 4 is 23.4 Å². The van der Waals surface area contributed by atoms with Gasteiger partial charge in [-0.25, -0.2) is 4.68 Å². The zero-order valence-corrected chi connectivity index (χ0v) is 17.8. The van der Waals surface area contributed by atoms with Crippen molar-refractivity contribution in [1.29, 1.82) is 0 Å². The number of ether oxygens (including phenoxy) is 1. The minimum absolute atomic E-state index is 0.130. The van der Waals surface area contributed by atoms with Crippen molar-refractivity contribution in [2.24, 2.45) is 0 Å². The summed E-state index contributed by atoms with van der Waals surface area (Å²) >= 11 is 1.24. The molecule has 0 spiro atoms. The van der Waals surface area contributed by atoms with Crippen molar-refractivity contribution < 1.29 is 9.53 Å². The van der Waals surface area contributed by atoms with Gasteiger partial charge in [-0.3, -0.25) is 4.79 Å². The lowest BCUT2D eigenvalue weighted by molar-refractivity contribution is -0.115. The number of benzene rings is 2. The van der Waals surface area contributed by atoms with Crippen LogP contribution >= 0.6 is 11.8 Å². The second kappa shape index (κ2) is 9.00. The standard InChI is InChI=1S/C21H25N5O2S/c1-13-5-7-17(8-6-13)23-20(27)16(4)29-21-25-24-19(26(21)22)12-28-18-10-14(2)9-15(3)11-18/h5-11,16H,12,22H2,1-4H3,(H,23,27)/t16-/m0/s1. The number of aromatic nitrogens is 3. The number of carbonyl (C=O) groups is 1. The maximum absolute atomic E-state index is 12.4. The number of nitrogens with two attached hydrogens (primary N) is 1. The number of anilines is 1. The molecule has 7 nitrogen and oxygen atoms in total. The molecule has 0 saturated carbocycles. The van der Waals surface area contributed by atoms with E-state index in [1.54, 1.807) is 6.92 Å². The molecule has 0 fully saturated rings. The Morgan fingerprint density at radius 2 is 1.76 bits per heavy atom. The van der Waals surface area contributed by atoms with Gasteiger partial charge in [0.2, 0.25) is 11.1 Å². The number of hydrogen-bond acceptors (Lipinski definition) is 6. The third-order valence-corrected chi connectivity index (χ3v) is 5.33. The van der Waals surface area contributed by atoms with Gasteiger partial charge in [-0.05, 0) is 63.1 Å². The Hall–Kier alpha value is -3.00. The van der Waals surface area contributed by atoms with E-state index in [0.717, 1.165) is 28.1 Å². The smallest absolute Gasteiger partial charge is 0.237 e. The molecular weight excluding hydrogens is 386 g/mol. The van der Waals surface area contributed by atoms with Crippen molar-refractivity contribution in [3.8, 4) is 5.75 Å². The van der Waals surface area contributed by atoms with Crippen LogP contribution in [0.15, 0.2) is 47.6 Å². The minimum atomic E-state index is -0.393. The highest BCUT2D eigenvalue weighted by atomic mass is 32.2. The Morgan fingerprint density at radius 1 is 1.10 bits per heavy atom. The van der Waals surface area contributed by atoms with Crippen LogP contribution in [0, 0.1) is 20.8 Å². The van der Waals surface area contributed by atoms with E-state index in [1.165, 1.54) is 16.4 Å². The fraction of sp³-hybridized carbons (Fsp3) is 0.286. The average Bonchev–Trinajstić information content (AvgIpc) is 3.01. The third kappa shape index (κ3) is 5.51. The molecule has 0 aliphatic carbocycles. The molecule has 1 aromatic heterocycles. The number of rotatable bonds is 7. The molecule has 3 aromatic rings. The van der Waals surface area contributed by atoms with Gasteiger partial charge in [0.05, 0.1) is 5.25 Å². The average molecular weight is 412 g/mol.